The largest absolute Gasteiger partial charge is 0.237 e. The summed E-state index contributed by atoms with van der Waals surface area (Å²) in [6, 6.07) is 18.1. The Bertz CT molecular complexity index is 707. The molecule has 2 nitrogen and oxygen atoms in total. The van der Waals surface area contributed by atoms with Crippen molar-refractivity contribution < 1.29 is 4.21 Å². The molecule has 0 saturated carbocycles. The predicted octanol–water partition coefficient (Wildman–Crippen LogP) is 6.27. The van der Waals surface area contributed by atoms with Gasteiger partial charge in [-0.05, 0) is 44.4 Å². The average molecular weight is 370 g/mol. The molecular weight excluding hydrogens is 338 g/mol. The van der Waals surface area contributed by atoms with Crippen molar-refractivity contribution in [3.05, 3.63) is 77.4 Å². The Labute approximate surface area is 161 Å². The van der Waals surface area contributed by atoms with Crippen LogP contribution >= 0.6 is 0 Å². The molecular formula is C23H31NOS. The Hall–Kier alpha value is -1.71. The summed E-state index contributed by atoms with van der Waals surface area (Å²) in [5.41, 5.74) is 3.66. The van der Waals surface area contributed by atoms with Crippen molar-refractivity contribution in [1.82, 2.24) is 4.72 Å². The number of aryl methyl sites for hydroxylation is 1. The highest BCUT2D eigenvalue weighted by Crippen LogP contribution is 2.21. The fourth-order valence-corrected chi connectivity index (χ4v) is 3.86. The summed E-state index contributed by atoms with van der Waals surface area (Å²) in [4.78, 5) is 0.811. The van der Waals surface area contributed by atoms with E-state index in [1.165, 1.54) is 36.8 Å². The van der Waals surface area contributed by atoms with Crippen LogP contribution in [0.1, 0.15) is 63.1 Å². The molecule has 2 rings (SSSR count). The number of rotatable bonds is 10. The van der Waals surface area contributed by atoms with Crippen LogP contribution in [-0.2, 0) is 11.0 Å². The van der Waals surface area contributed by atoms with Crippen LogP contribution in [0.3, 0.4) is 0 Å². The Morgan fingerprint density at radius 1 is 1.04 bits per heavy atom. The molecule has 0 amide bonds. The van der Waals surface area contributed by atoms with E-state index in [1.54, 1.807) is 0 Å². The number of nitrogens with one attached hydrogen (secondary N) is 1. The predicted molar refractivity (Wildman–Crippen MR) is 112 cm³/mol. The number of hydrogen-bond acceptors (Lipinski definition) is 1. The molecule has 0 aliphatic carbocycles. The molecule has 2 unspecified atom stereocenters. The normalized spacial score (nSPS) is 14.2. The number of unbranched alkanes of at least 4 members (excludes halogenated alkanes) is 3. The maximum Gasteiger partial charge on any atom is 0.125 e. The number of allylic oxidation sites excluding steroid dienone is 1. The van der Waals surface area contributed by atoms with Gasteiger partial charge < -0.3 is 0 Å². The fraction of sp³-hybridized carbons (Fsp3) is 0.391. The van der Waals surface area contributed by atoms with Crippen LogP contribution in [-0.4, -0.2) is 4.21 Å². The van der Waals surface area contributed by atoms with Gasteiger partial charge >= 0.3 is 0 Å². The van der Waals surface area contributed by atoms with Crippen molar-refractivity contribution in [2.45, 2.75) is 63.8 Å². The van der Waals surface area contributed by atoms with Crippen LogP contribution in [0.15, 0.2) is 71.1 Å². The van der Waals surface area contributed by atoms with Gasteiger partial charge in [0.1, 0.15) is 11.0 Å². The summed E-state index contributed by atoms with van der Waals surface area (Å²) < 4.78 is 16.1. The Morgan fingerprint density at radius 3 is 2.38 bits per heavy atom. The molecule has 140 valence electrons. The third-order valence-corrected chi connectivity index (χ3v) is 5.67. The minimum atomic E-state index is -1.24. The monoisotopic (exact) mass is 369 g/mol. The van der Waals surface area contributed by atoms with Crippen molar-refractivity contribution >= 4 is 11.0 Å². The molecule has 0 saturated heterocycles. The van der Waals surface area contributed by atoms with Crippen molar-refractivity contribution in [2.75, 3.05) is 0 Å². The molecule has 3 heteroatoms. The molecule has 0 aliphatic rings. The van der Waals surface area contributed by atoms with Gasteiger partial charge in [0, 0.05) is 0 Å². The lowest BCUT2D eigenvalue weighted by molar-refractivity contribution is 0.654. The topological polar surface area (TPSA) is 29.1 Å². The lowest BCUT2D eigenvalue weighted by atomic mass is 10.0. The lowest BCUT2D eigenvalue weighted by Crippen LogP contribution is -2.22. The van der Waals surface area contributed by atoms with E-state index in [2.05, 4.69) is 36.8 Å². The molecule has 26 heavy (non-hydrogen) atoms. The maximum absolute atomic E-state index is 12.8. The van der Waals surface area contributed by atoms with E-state index in [4.69, 9.17) is 0 Å². The van der Waals surface area contributed by atoms with Gasteiger partial charge in [-0.1, -0.05) is 85.9 Å². The van der Waals surface area contributed by atoms with Crippen LogP contribution in [0.2, 0.25) is 0 Å². The van der Waals surface area contributed by atoms with Crippen molar-refractivity contribution in [2.24, 2.45) is 0 Å². The fourth-order valence-electron chi connectivity index (χ4n) is 2.90. The zero-order valence-electron chi connectivity index (χ0n) is 16.2. The molecule has 0 heterocycles. The minimum Gasteiger partial charge on any atom is -0.237 e. The Balaban J connectivity index is 2.11. The smallest absolute Gasteiger partial charge is 0.125 e. The SMILES string of the molecule is CCCCCC/C(C)=C/C(NS(=O)c1ccc(C)cc1)c1ccccc1. The van der Waals surface area contributed by atoms with Gasteiger partial charge in [-0.25, -0.2) is 8.93 Å². The third kappa shape index (κ3) is 6.89. The molecule has 0 aromatic heterocycles. The van der Waals surface area contributed by atoms with Gasteiger partial charge in [-0.15, -0.1) is 0 Å². The molecule has 0 fully saturated rings. The molecule has 0 spiro atoms. The van der Waals surface area contributed by atoms with E-state index in [-0.39, 0.29) is 6.04 Å². The van der Waals surface area contributed by atoms with E-state index in [9.17, 15) is 4.21 Å². The summed E-state index contributed by atoms with van der Waals surface area (Å²) >= 11 is 0. The van der Waals surface area contributed by atoms with Crippen LogP contribution in [0.5, 0.6) is 0 Å². The highest BCUT2D eigenvalue weighted by Gasteiger charge is 2.13. The van der Waals surface area contributed by atoms with Crippen molar-refractivity contribution in [1.29, 1.82) is 0 Å². The molecule has 0 bridgehead atoms. The second kappa shape index (κ2) is 11.1. The second-order valence-electron chi connectivity index (χ2n) is 6.91. The van der Waals surface area contributed by atoms with Gasteiger partial charge in [-0.2, -0.15) is 0 Å². The maximum atomic E-state index is 12.8. The number of benzene rings is 2. The highest BCUT2D eigenvalue weighted by molar-refractivity contribution is 7.83. The summed E-state index contributed by atoms with van der Waals surface area (Å²) in [7, 11) is -1.24. The Kier molecular flexibility index (Phi) is 8.79. The van der Waals surface area contributed by atoms with Gasteiger partial charge in [-0.3, -0.25) is 0 Å². The standard InChI is InChI=1S/C23H31NOS/c1-4-5-6-8-11-20(3)18-23(21-12-9-7-10-13-21)24-26(25)22-16-14-19(2)15-17-22/h7,9-10,12-18,23-24H,4-6,8,11H2,1-3H3/b20-18+. The summed E-state index contributed by atoms with van der Waals surface area (Å²) in [5.74, 6) is 0. The van der Waals surface area contributed by atoms with Crippen molar-refractivity contribution in [3.63, 3.8) is 0 Å². The minimum absolute atomic E-state index is 0.0514. The second-order valence-corrected chi connectivity index (χ2v) is 8.16. The zero-order valence-corrected chi connectivity index (χ0v) is 17.0. The first-order valence-electron chi connectivity index (χ1n) is 9.57. The van der Waals surface area contributed by atoms with Crippen LogP contribution in [0, 0.1) is 6.92 Å². The van der Waals surface area contributed by atoms with Crippen molar-refractivity contribution in [3.8, 4) is 0 Å². The molecule has 0 radical (unpaired) electrons. The van der Waals surface area contributed by atoms with Gasteiger partial charge in [0.05, 0.1) is 10.9 Å². The van der Waals surface area contributed by atoms with Crippen LogP contribution in [0.25, 0.3) is 0 Å². The summed E-state index contributed by atoms with van der Waals surface area (Å²) in [6.07, 6.45) is 8.38. The van der Waals surface area contributed by atoms with Crippen LogP contribution in [0.4, 0.5) is 0 Å². The molecule has 0 aliphatic heterocycles. The van der Waals surface area contributed by atoms with E-state index in [1.807, 2.05) is 49.4 Å². The molecule has 2 aromatic rings. The highest BCUT2D eigenvalue weighted by atomic mass is 32.2. The van der Waals surface area contributed by atoms with Gasteiger partial charge in [0.2, 0.25) is 0 Å². The van der Waals surface area contributed by atoms with E-state index in [0.29, 0.717) is 0 Å². The quantitative estimate of drug-likeness (QED) is 0.388. The van der Waals surface area contributed by atoms with Crippen LogP contribution < -0.4 is 4.72 Å². The van der Waals surface area contributed by atoms with E-state index < -0.39 is 11.0 Å². The third-order valence-electron chi connectivity index (χ3n) is 4.50. The van der Waals surface area contributed by atoms with Gasteiger partial charge in [0.25, 0.3) is 0 Å². The average Bonchev–Trinajstić information content (AvgIpc) is 2.66. The number of hydrogen-bond donors (Lipinski definition) is 1. The molecule has 2 atom stereocenters. The Morgan fingerprint density at radius 2 is 1.73 bits per heavy atom. The lowest BCUT2D eigenvalue weighted by Gasteiger charge is -2.17. The summed E-state index contributed by atoms with van der Waals surface area (Å²) in [5, 5.41) is 0. The molecule has 2 aromatic carbocycles. The first-order valence-corrected chi connectivity index (χ1v) is 10.7. The zero-order chi connectivity index (χ0) is 18.8. The molecule has 1 N–H and O–H groups in total. The van der Waals surface area contributed by atoms with Gasteiger partial charge in [0.15, 0.2) is 0 Å². The first kappa shape index (κ1) is 20.6. The summed E-state index contributed by atoms with van der Waals surface area (Å²) in [6.45, 7) is 6.45. The van der Waals surface area contributed by atoms with E-state index in [0.717, 1.165) is 16.9 Å². The van der Waals surface area contributed by atoms with E-state index >= 15 is 0 Å². The first-order chi connectivity index (χ1) is 12.6.